The van der Waals surface area contributed by atoms with E-state index in [9.17, 15) is 4.79 Å². The van der Waals surface area contributed by atoms with Gasteiger partial charge in [0.25, 0.3) is 0 Å². The number of methoxy groups -OCH3 is 1. The number of aryl methyl sites for hydroxylation is 1. The lowest BCUT2D eigenvalue weighted by Gasteiger charge is -2.16. The van der Waals surface area contributed by atoms with E-state index < -0.39 is 0 Å². The zero-order valence-electron chi connectivity index (χ0n) is 11.5. The fraction of sp³-hybridized carbons (Fsp3) is 0.500. The highest BCUT2D eigenvalue weighted by Gasteiger charge is 2.21. The van der Waals surface area contributed by atoms with E-state index in [1.165, 1.54) is 0 Å². The van der Waals surface area contributed by atoms with Gasteiger partial charge in [0.15, 0.2) is 0 Å². The van der Waals surface area contributed by atoms with E-state index in [0.717, 1.165) is 30.8 Å². The lowest BCUT2D eigenvalue weighted by molar-refractivity contribution is -0.117. The Morgan fingerprint density at radius 1 is 1.58 bits per heavy atom. The van der Waals surface area contributed by atoms with Crippen LogP contribution < -0.4 is 15.8 Å². The molecule has 104 valence electrons. The van der Waals surface area contributed by atoms with E-state index in [0.29, 0.717) is 12.3 Å². The van der Waals surface area contributed by atoms with Crippen LogP contribution in [0.1, 0.15) is 12.0 Å². The van der Waals surface area contributed by atoms with Crippen molar-refractivity contribution >= 4 is 11.6 Å². The summed E-state index contributed by atoms with van der Waals surface area (Å²) in [5, 5.41) is 2.90. The van der Waals surface area contributed by atoms with Crippen molar-refractivity contribution in [3.63, 3.8) is 0 Å². The maximum absolute atomic E-state index is 12.0. The maximum atomic E-state index is 12.0. The topological polar surface area (TPSA) is 67.6 Å². The van der Waals surface area contributed by atoms with E-state index in [1.54, 1.807) is 7.11 Å². The summed E-state index contributed by atoms with van der Waals surface area (Å²) in [6.45, 7) is 4.04. The number of nitrogens with two attached hydrogens (primary N) is 1. The molecular weight excluding hydrogens is 242 g/mol. The van der Waals surface area contributed by atoms with Crippen molar-refractivity contribution in [3.05, 3.63) is 23.8 Å². The smallest absolute Gasteiger partial charge is 0.238 e. The van der Waals surface area contributed by atoms with E-state index in [4.69, 9.17) is 10.5 Å². The Labute approximate surface area is 113 Å². The predicted octanol–water partition coefficient (Wildman–Crippen LogP) is 0.975. The molecule has 1 unspecified atom stereocenters. The van der Waals surface area contributed by atoms with Gasteiger partial charge in [0.05, 0.1) is 19.3 Å². The monoisotopic (exact) mass is 263 g/mol. The van der Waals surface area contributed by atoms with Gasteiger partial charge in [-0.25, -0.2) is 0 Å². The first-order valence-electron chi connectivity index (χ1n) is 6.51. The quantitative estimate of drug-likeness (QED) is 0.849. The predicted molar refractivity (Wildman–Crippen MR) is 75.4 cm³/mol. The van der Waals surface area contributed by atoms with Gasteiger partial charge in [-0.1, -0.05) is 6.07 Å². The second-order valence-electron chi connectivity index (χ2n) is 5.04. The minimum absolute atomic E-state index is 0.0296. The van der Waals surface area contributed by atoms with Crippen LogP contribution in [0.15, 0.2) is 18.2 Å². The molecule has 2 rings (SSSR count). The molecule has 1 aromatic carbocycles. The SMILES string of the molecule is COc1ccc(C)cc1NC(=O)CN1CCC(N)C1. The van der Waals surface area contributed by atoms with Crippen molar-refractivity contribution in [2.75, 3.05) is 32.1 Å². The number of carbonyl (C=O) groups excluding carboxylic acids is 1. The summed E-state index contributed by atoms with van der Waals surface area (Å²) in [6, 6.07) is 5.92. The van der Waals surface area contributed by atoms with Crippen LogP contribution in [0.3, 0.4) is 0 Å². The zero-order valence-corrected chi connectivity index (χ0v) is 11.5. The number of nitrogens with zero attached hydrogens (tertiary/aromatic N) is 1. The average Bonchev–Trinajstić information content (AvgIpc) is 2.75. The number of hydrogen-bond acceptors (Lipinski definition) is 4. The van der Waals surface area contributed by atoms with Gasteiger partial charge in [0.1, 0.15) is 5.75 Å². The van der Waals surface area contributed by atoms with Gasteiger partial charge in [-0.2, -0.15) is 0 Å². The Kier molecular flexibility index (Phi) is 4.39. The number of hydrogen-bond donors (Lipinski definition) is 2. The molecule has 0 radical (unpaired) electrons. The number of likely N-dealkylation sites (tertiary alicyclic amines) is 1. The van der Waals surface area contributed by atoms with Crippen molar-refractivity contribution in [1.82, 2.24) is 4.90 Å². The van der Waals surface area contributed by atoms with E-state index >= 15 is 0 Å². The molecule has 1 aliphatic rings. The molecule has 1 atom stereocenters. The Bertz CT molecular complexity index is 462. The molecule has 1 fully saturated rings. The summed E-state index contributed by atoms with van der Waals surface area (Å²) < 4.78 is 5.24. The van der Waals surface area contributed by atoms with Crippen LogP contribution in [-0.2, 0) is 4.79 Å². The first kappa shape index (κ1) is 13.8. The third-order valence-corrected chi connectivity index (χ3v) is 3.31. The summed E-state index contributed by atoms with van der Waals surface area (Å²) in [5.41, 5.74) is 7.63. The number of nitrogens with one attached hydrogen (secondary N) is 1. The molecule has 0 spiro atoms. The standard InChI is InChI=1S/C14H21N3O2/c1-10-3-4-13(19-2)12(7-10)16-14(18)9-17-6-5-11(15)8-17/h3-4,7,11H,5-6,8-9,15H2,1-2H3,(H,16,18). The van der Waals surface area contributed by atoms with Gasteiger partial charge >= 0.3 is 0 Å². The highest BCUT2D eigenvalue weighted by atomic mass is 16.5. The molecule has 0 aliphatic carbocycles. The molecule has 5 heteroatoms. The molecule has 1 aromatic rings. The number of amides is 1. The van der Waals surface area contributed by atoms with Crippen LogP contribution in [0.2, 0.25) is 0 Å². The highest BCUT2D eigenvalue weighted by Crippen LogP contribution is 2.25. The minimum Gasteiger partial charge on any atom is -0.495 e. The number of rotatable bonds is 4. The highest BCUT2D eigenvalue weighted by molar-refractivity contribution is 5.93. The summed E-state index contributed by atoms with van der Waals surface area (Å²) in [7, 11) is 1.60. The molecule has 1 aliphatic heterocycles. The van der Waals surface area contributed by atoms with E-state index in [2.05, 4.69) is 10.2 Å². The molecular formula is C14H21N3O2. The third-order valence-electron chi connectivity index (χ3n) is 3.31. The van der Waals surface area contributed by atoms with Gasteiger partial charge in [0.2, 0.25) is 5.91 Å². The van der Waals surface area contributed by atoms with Crippen molar-refractivity contribution in [2.24, 2.45) is 5.73 Å². The van der Waals surface area contributed by atoms with Gasteiger partial charge < -0.3 is 15.8 Å². The largest absolute Gasteiger partial charge is 0.495 e. The summed E-state index contributed by atoms with van der Waals surface area (Å²) in [5.74, 6) is 0.648. The Hall–Kier alpha value is -1.59. The van der Waals surface area contributed by atoms with E-state index in [1.807, 2.05) is 25.1 Å². The fourth-order valence-electron chi connectivity index (χ4n) is 2.32. The average molecular weight is 263 g/mol. The Morgan fingerprint density at radius 2 is 2.37 bits per heavy atom. The molecule has 0 bridgehead atoms. The summed E-state index contributed by atoms with van der Waals surface area (Å²) >= 11 is 0. The molecule has 3 N–H and O–H groups in total. The van der Waals surface area contributed by atoms with Crippen LogP contribution in [0.5, 0.6) is 5.75 Å². The van der Waals surface area contributed by atoms with Crippen LogP contribution in [0.25, 0.3) is 0 Å². The number of ether oxygens (including phenoxy) is 1. The van der Waals surface area contributed by atoms with Crippen LogP contribution in [0.4, 0.5) is 5.69 Å². The molecule has 5 nitrogen and oxygen atoms in total. The normalized spacial score (nSPS) is 19.4. The molecule has 19 heavy (non-hydrogen) atoms. The molecule has 1 saturated heterocycles. The fourth-order valence-corrected chi connectivity index (χ4v) is 2.32. The van der Waals surface area contributed by atoms with Gasteiger partial charge in [-0.3, -0.25) is 9.69 Å². The summed E-state index contributed by atoms with van der Waals surface area (Å²) in [6.07, 6.45) is 0.959. The summed E-state index contributed by atoms with van der Waals surface area (Å²) in [4.78, 5) is 14.1. The third kappa shape index (κ3) is 3.68. The lowest BCUT2D eigenvalue weighted by Crippen LogP contribution is -2.33. The Balaban J connectivity index is 1.96. The second-order valence-corrected chi connectivity index (χ2v) is 5.04. The first-order valence-corrected chi connectivity index (χ1v) is 6.51. The van der Waals surface area contributed by atoms with Crippen molar-refractivity contribution in [1.29, 1.82) is 0 Å². The van der Waals surface area contributed by atoms with E-state index in [-0.39, 0.29) is 11.9 Å². The van der Waals surface area contributed by atoms with Crippen LogP contribution in [0, 0.1) is 6.92 Å². The Morgan fingerprint density at radius 3 is 3.00 bits per heavy atom. The molecule has 1 heterocycles. The van der Waals surface area contributed by atoms with Gasteiger partial charge in [0, 0.05) is 19.1 Å². The molecule has 0 aromatic heterocycles. The van der Waals surface area contributed by atoms with Crippen molar-refractivity contribution < 1.29 is 9.53 Å². The van der Waals surface area contributed by atoms with Crippen molar-refractivity contribution in [2.45, 2.75) is 19.4 Å². The van der Waals surface area contributed by atoms with Crippen LogP contribution >= 0.6 is 0 Å². The number of anilines is 1. The van der Waals surface area contributed by atoms with Crippen LogP contribution in [-0.4, -0.2) is 43.6 Å². The molecule has 0 saturated carbocycles. The first-order chi connectivity index (χ1) is 9.08. The zero-order chi connectivity index (χ0) is 13.8. The van der Waals surface area contributed by atoms with Gasteiger partial charge in [-0.05, 0) is 31.0 Å². The second kappa shape index (κ2) is 6.04. The minimum atomic E-state index is -0.0296. The molecule has 1 amide bonds. The lowest BCUT2D eigenvalue weighted by atomic mass is 10.2. The maximum Gasteiger partial charge on any atom is 0.238 e. The number of benzene rings is 1. The van der Waals surface area contributed by atoms with Gasteiger partial charge in [-0.15, -0.1) is 0 Å². The number of carbonyl (C=O) groups is 1. The van der Waals surface area contributed by atoms with Crippen molar-refractivity contribution in [3.8, 4) is 5.75 Å².